The molecular weight excluding hydrogens is 354 g/mol. The third-order valence-corrected chi connectivity index (χ3v) is 8.78. The number of ether oxygens (including phenoxy) is 1. The molecule has 5 atom stereocenters. The van der Waals surface area contributed by atoms with Crippen LogP contribution in [0, 0.1) is 17.8 Å². The van der Waals surface area contributed by atoms with Crippen molar-refractivity contribution in [3.05, 3.63) is 49.9 Å². The molecule has 6 heteroatoms. The van der Waals surface area contributed by atoms with Gasteiger partial charge in [-0.15, -0.1) is 11.8 Å². The molecule has 0 saturated heterocycles. The lowest BCUT2D eigenvalue weighted by Gasteiger charge is -2.40. The molecule has 0 unspecified atom stereocenters. The van der Waals surface area contributed by atoms with E-state index in [-0.39, 0.29) is 16.8 Å². The second-order valence-corrected chi connectivity index (χ2v) is 9.50. The smallest absolute Gasteiger partial charge is 0.337 e. The molecular formula is C19H19NO3S2. The van der Waals surface area contributed by atoms with Crippen LogP contribution >= 0.6 is 23.1 Å². The summed E-state index contributed by atoms with van der Waals surface area (Å²) in [6.07, 6.45) is 3.98. The Morgan fingerprint density at radius 2 is 1.96 bits per heavy atom. The number of thiazole rings is 1. The molecule has 1 aromatic heterocycles. The number of carbonyl (C=O) groups excluding carboxylic acids is 1. The highest BCUT2D eigenvalue weighted by Gasteiger charge is 2.54. The quantitative estimate of drug-likeness (QED) is 0.812. The first-order valence-corrected chi connectivity index (χ1v) is 10.4. The van der Waals surface area contributed by atoms with Gasteiger partial charge in [0.2, 0.25) is 0 Å². The monoisotopic (exact) mass is 373 g/mol. The minimum Gasteiger partial charge on any atom is -0.465 e. The molecule has 130 valence electrons. The molecule has 0 amide bonds. The summed E-state index contributed by atoms with van der Waals surface area (Å²) in [4.78, 5) is 28.0. The summed E-state index contributed by atoms with van der Waals surface area (Å²) in [5.41, 5.74) is 1.79. The molecule has 0 spiro atoms. The van der Waals surface area contributed by atoms with E-state index < -0.39 is 0 Å². The van der Waals surface area contributed by atoms with Gasteiger partial charge in [-0.3, -0.25) is 4.79 Å². The summed E-state index contributed by atoms with van der Waals surface area (Å²) >= 11 is 3.26. The lowest BCUT2D eigenvalue weighted by Crippen LogP contribution is -2.33. The number of carbonyl (C=O) groups is 1. The fraction of sp³-hybridized carbons (Fsp3) is 0.474. The lowest BCUT2D eigenvalue weighted by molar-refractivity contribution is 0.0600. The Bertz CT molecular complexity index is 885. The second-order valence-electron chi connectivity index (χ2n) is 7.29. The van der Waals surface area contributed by atoms with Crippen molar-refractivity contribution in [1.29, 1.82) is 0 Å². The van der Waals surface area contributed by atoms with Crippen LogP contribution in [0.3, 0.4) is 0 Å². The average molecular weight is 373 g/mol. The summed E-state index contributed by atoms with van der Waals surface area (Å²) < 4.78 is 4.80. The molecule has 3 aliphatic rings. The number of thioether (sulfide) groups is 1. The highest BCUT2D eigenvalue weighted by molar-refractivity contribution is 8.00. The van der Waals surface area contributed by atoms with Crippen LogP contribution in [0.1, 0.15) is 46.0 Å². The fourth-order valence-electron chi connectivity index (χ4n) is 5.17. The Kier molecular flexibility index (Phi) is 3.61. The van der Waals surface area contributed by atoms with Crippen LogP contribution in [0.2, 0.25) is 0 Å². The molecule has 2 heterocycles. The molecule has 4 nitrogen and oxygen atoms in total. The van der Waals surface area contributed by atoms with Gasteiger partial charge < -0.3 is 9.72 Å². The molecule has 2 aliphatic carbocycles. The van der Waals surface area contributed by atoms with Crippen LogP contribution in [-0.4, -0.2) is 23.3 Å². The summed E-state index contributed by atoms with van der Waals surface area (Å²) in [5, 5.41) is 1.69. The summed E-state index contributed by atoms with van der Waals surface area (Å²) in [6, 6.07) is 7.79. The second kappa shape index (κ2) is 5.74. The van der Waals surface area contributed by atoms with Crippen LogP contribution in [0.4, 0.5) is 0 Å². The number of hydrogen-bond donors (Lipinski definition) is 1. The van der Waals surface area contributed by atoms with Gasteiger partial charge in [-0.1, -0.05) is 23.5 Å². The number of hydrogen-bond acceptors (Lipinski definition) is 5. The van der Waals surface area contributed by atoms with Crippen molar-refractivity contribution in [2.24, 2.45) is 17.8 Å². The van der Waals surface area contributed by atoms with E-state index in [0.717, 1.165) is 16.9 Å². The van der Waals surface area contributed by atoms with Gasteiger partial charge in [0.05, 0.1) is 17.7 Å². The van der Waals surface area contributed by atoms with Gasteiger partial charge in [0, 0.05) is 16.0 Å². The minimum absolute atomic E-state index is 0.0426. The van der Waals surface area contributed by atoms with E-state index in [9.17, 15) is 9.59 Å². The van der Waals surface area contributed by atoms with E-state index in [0.29, 0.717) is 16.7 Å². The number of fused-ring (bicyclic) bond motifs is 6. The van der Waals surface area contributed by atoms with E-state index in [4.69, 9.17) is 4.74 Å². The van der Waals surface area contributed by atoms with Crippen LogP contribution in [0.5, 0.6) is 0 Å². The molecule has 1 N–H and O–H groups in total. The van der Waals surface area contributed by atoms with Crippen molar-refractivity contribution in [3.8, 4) is 0 Å². The number of aromatic amines is 1. The highest BCUT2D eigenvalue weighted by atomic mass is 32.2. The topological polar surface area (TPSA) is 59.2 Å². The van der Waals surface area contributed by atoms with E-state index in [1.54, 1.807) is 0 Å². The number of H-pyrrole nitrogens is 1. The van der Waals surface area contributed by atoms with Crippen LogP contribution < -0.4 is 4.87 Å². The Morgan fingerprint density at radius 3 is 2.72 bits per heavy atom. The standard InChI is InChI=1S/C19H19NO3S2/c1-23-18(21)10-4-2-9(3-5-10)13-14-11-6-7-12(8-11)15(14)24-17-16(13)25-19(22)20-17/h2-5,11-15H,6-8H2,1H3,(H,20,22)/t11-,12-,13-,14-,15-/m0/s1. The lowest BCUT2D eigenvalue weighted by atomic mass is 9.75. The van der Waals surface area contributed by atoms with Gasteiger partial charge >= 0.3 is 10.8 Å². The van der Waals surface area contributed by atoms with Crippen molar-refractivity contribution in [2.45, 2.75) is 35.5 Å². The first kappa shape index (κ1) is 15.7. The molecule has 2 bridgehead atoms. The average Bonchev–Trinajstić information content (AvgIpc) is 3.33. The molecule has 1 aromatic carbocycles. The van der Waals surface area contributed by atoms with Crippen molar-refractivity contribution in [3.63, 3.8) is 0 Å². The predicted molar refractivity (Wildman–Crippen MR) is 98.5 cm³/mol. The third-order valence-electron chi connectivity index (χ3n) is 6.16. The molecule has 5 rings (SSSR count). The van der Waals surface area contributed by atoms with E-state index in [1.165, 1.54) is 48.1 Å². The van der Waals surface area contributed by atoms with Crippen LogP contribution in [0.15, 0.2) is 34.1 Å². The molecule has 0 radical (unpaired) electrons. The third kappa shape index (κ3) is 2.34. The van der Waals surface area contributed by atoms with Gasteiger partial charge in [-0.05, 0) is 54.7 Å². The number of aromatic nitrogens is 1. The van der Waals surface area contributed by atoms with Gasteiger partial charge in [-0.2, -0.15) is 0 Å². The van der Waals surface area contributed by atoms with Gasteiger partial charge in [-0.25, -0.2) is 4.79 Å². The SMILES string of the molecule is COC(=O)c1ccc([C@@H]2c3sc(=O)[nH]c3S[C@H]3[C@H]4CC[C@@H](C4)[C@@H]23)cc1. The zero-order valence-electron chi connectivity index (χ0n) is 13.9. The maximum Gasteiger partial charge on any atom is 0.337 e. The molecule has 2 saturated carbocycles. The Hall–Kier alpha value is -1.53. The zero-order valence-corrected chi connectivity index (χ0v) is 15.5. The van der Waals surface area contributed by atoms with E-state index >= 15 is 0 Å². The summed E-state index contributed by atoms with van der Waals surface area (Å²) in [7, 11) is 1.40. The molecule has 2 fully saturated rings. The summed E-state index contributed by atoms with van der Waals surface area (Å²) in [6.45, 7) is 0. The largest absolute Gasteiger partial charge is 0.465 e. The van der Waals surface area contributed by atoms with Crippen molar-refractivity contribution < 1.29 is 9.53 Å². The number of methoxy groups -OCH3 is 1. The molecule has 1 aliphatic heterocycles. The predicted octanol–water partition coefficient (Wildman–Crippen LogP) is 3.88. The van der Waals surface area contributed by atoms with Gasteiger partial charge in [0.1, 0.15) is 0 Å². The van der Waals surface area contributed by atoms with Gasteiger partial charge in [0.15, 0.2) is 0 Å². The number of nitrogens with one attached hydrogen (secondary N) is 1. The highest BCUT2D eigenvalue weighted by Crippen LogP contribution is 2.63. The minimum atomic E-state index is -0.310. The van der Waals surface area contributed by atoms with Crippen molar-refractivity contribution in [1.82, 2.24) is 4.98 Å². The number of benzene rings is 1. The number of rotatable bonds is 2. The Labute approximate surface area is 154 Å². The Balaban J connectivity index is 1.60. The van der Waals surface area contributed by atoms with Gasteiger partial charge in [0.25, 0.3) is 0 Å². The molecule has 25 heavy (non-hydrogen) atoms. The normalized spacial score (nSPS) is 32.3. The van der Waals surface area contributed by atoms with Crippen molar-refractivity contribution >= 4 is 29.1 Å². The van der Waals surface area contributed by atoms with Crippen LogP contribution in [0.25, 0.3) is 0 Å². The van der Waals surface area contributed by atoms with Crippen LogP contribution in [-0.2, 0) is 4.74 Å². The number of esters is 1. The maximum atomic E-state index is 12.0. The fourth-order valence-corrected chi connectivity index (χ4v) is 8.06. The first-order chi connectivity index (χ1) is 12.2. The van der Waals surface area contributed by atoms with E-state index in [2.05, 4.69) is 4.98 Å². The Morgan fingerprint density at radius 1 is 1.20 bits per heavy atom. The first-order valence-electron chi connectivity index (χ1n) is 8.73. The zero-order chi connectivity index (χ0) is 17.1. The van der Waals surface area contributed by atoms with E-state index in [1.807, 2.05) is 36.0 Å². The van der Waals surface area contributed by atoms with Crippen molar-refractivity contribution in [2.75, 3.05) is 7.11 Å². The molecule has 2 aromatic rings. The maximum absolute atomic E-state index is 12.0. The summed E-state index contributed by atoms with van der Waals surface area (Å²) in [5.74, 6) is 2.11.